The van der Waals surface area contributed by atoms with Crippen molar-refractivity contribution in [3.05, 3.63) is 40.4 Å². The van der Waals surface area contributed by atoms with E-state index in [9.17, 15) is 0 Å². The molecule has 120 valence electrons. The van der Waals surface area contributed by atoms with E-state index in [1.165, 1.54) is 6.33 Å². The van der Waals surface area contributed by atoms with E-state index in [-0.39, 0.29) is 0 Å². The summed E-state index contributed by atoms with van der Waals surface area (Å²) in [5.74, 6) is 0.793. The minimum atomic E-state index is 0.316. The van der Waals surface area contributed by atoms with Crippen molar-refractivity contribution in [1.82, 2.24) is 19.5 Å². The van der Waals surface area contributed by atoms with Crippen LogP contribution in [0.4, 0.5) is 5.82 Å². The zero-order valence-electron chi connectivity index (χ0n) is 12.2. The van der Waals surface area contributed by atoms with Gasteiger partial charge in [0.1, 0.15) is 11.8 Å². The summed E-state index contributed by atoms with van der Waals surface area (Å²) in [5, 5.41) is 0.803. The fraction of sp³-hybridized carbons (Fsp3) is 0.214. The van der Waals surface area contributed by atoms with Crippen LogP contribution >= 0.6 is 23.2 Å². The van der Waals surface area contributed by atoms with Gasteiger partial charge >= 0.3 is 0 Å². The van der Waals surface area contributed by atoms with Gasteiger partial charge in [0.25, 0.3) is 0 Å². The van der Waals surface area contributed by atoms with Gasteiger partial charge in [-0.3, -0.25) is 0 Å². The van der Waals surface area contributed by atoms with Crippen LogP contribution in [0.5, 0.6) is 5.75 Å². The number of benzene rings is 1. The number of anilines is 1. The first-order valence-corrected chi connectivity index (χ1v) is 7.55. The number of fused-ring (bicyclic) bond motifs is 1. The molecule has 7 nitrogen and oxygen atoms in total. The molecule has 0 radical (unpaired) electrons. The van der Waals surface area contributed by atoms with E-state index in [0.29, 0.717) is 51.5 Å². The molecular weight excluding hydrogens is 341 g/mol. The number of hydrogen-bond acceptors (Lipinski definition) is 6. The standard InChI is InChI=1S/C14H13Cl2N5O2/c1-2-22-23-10-4-3-9(15)11(16)8(10)5-21-7-20-12-13(17)18-6-19-14(12)21/h3-4,6-7H,2,5H2,1H3,(H2,17,18,19). The molecular formula is C14H13Cl2N5O2. The average Bonchev–Trinajstić information content (AvgIpc) is 2.96. The van der Waals surface area contributed by atoms with Gasteiger partial charge in [-0.25, -0.2) is 15.0 Å². The zero-order valence-corrected chi connectivity index (χ0v) is 13.7. The van der Waals surface area contributed by atoms with Crippen molar-refractivity contribution in [2.45, 2.75) is 13.5 Å². The van der Waals surface area contributed by atoms with Gasteiger partial charge in [0.15, 0.2) is 17.2 Å². The van der Waals surface area contributed by atoms with Crippen LogP contribution in [-0.2, 0) is 11.4 Å². The summed E-state index contributed by atoms with van der Waals surface area (Å²) in [6.45, 7) is 2.56. The number of imidazole rings is 1. The largest absolute Gasteiger partial charge is 0.382 e. The predicted molar refractivity (Wildman–Crippen MR) is 87.6 cm³/mol. The smallest absolute Gasteiger partial charge is 0.171 e. The van der Waals surface area contributed by atoms with Crippen molar-refractivity contribution >= 4 is 40.2 Å². The Kier molecular flexibility index (Phi) is 4.51. The molecule has 0 atom stereocenters. The highest BCUT2D eigenvalue weighted by atomic mass is 35.5. The summed E-state index contributed by atoms with van der Waals surface area (Å²) >= 11 is 12.4. The monoisotopic (exact) mass is 353 g/mol. The first kappa shape index (κ1) is 15.8. The molecule has 0 aliphatic carbocycles. The van der Waals surface area contributed by atoms with Crippen LogP contribution in [0.3, 0.4) is 0 Å². The SMILES string of the molecule is CCOOc1ccc(Cl)c(Cl)c1Cn1cnc2c(N)ncnc21. The Morgan fingerprint density at radius 3 is 2.83 bits per heavy atom. The van der Waals surface area contributed by atoms with Gasteiger partial charge in [0.05, 0.1) is 29.5 Å². The Bertz CT molecular complexity index is 853. The van der Waals surface area contributed by atoms with Gasteiger partial charge in [-0.15, -0.1) is 0 Å². The summed E-state index contributed by atoms with van der Waals surface area (Å²) < 4.78 is 1.78. The number of hydrogen-bond donors (Lipinski definition) is 1. The van der Waals surface area contributed by atoms with E-state index >= 15 is 0 Å². The molecule has 0 amide bonds. The summed E-state index contributed by atoms with van der Waals surface area (Å²) in [7, 11) is 0. The van der Waals surface area contributed by atoms with Gasteiger partial charge in [-0.1, -0.05) is 23.2 Å². The second kappa shape index (κ2) is 6.57. The summed E-state index contributed by atoms with van der Waals surface area (Å²) in [6, 6.07) is 3.34. The molecule has 0 saturated carbocycles. The van der Waals surface area contributed by atoms with Crippen LogP contribution in [-0.4, -0.2) is 26.1 Å². The van der Waals surface area contributed by atoms with Gasteiger partial charge in [-0.05, 0) is 19.1 Å². The van der Waals surface area contributed by atoms with Gasteiger partial charge < -0.3 is 15.2 Å². The van der Waals surface area contributed by atoms with Crippen molar-refractivity contribution in [3.63, 3.8) is 0 Å². The Labute approximate surface area is 141 Å². The lowest BCUT2D eigenvalue weighted by molar-refractivity contribution is -0.202. The Morgan fingerprint density at radius 1 is 1.22 bits per heavy atom. The first-order valence-electron chi connectivity index (χ1n) is 6.79. The van der Waals surface area contributed by atoms with Crippen molar-refractivity contribution in [2.75, 3.05) is 12.3 Å². The number of halogens is 2. The Balaban J connectivity index is 2.04. The van der Waals surface area contributed by atoms with Gasteiger partial charge in [0.2, 0.25) is 0 Å². The van der Waals surface area contributed by atoms with Crippen LogP contribution in [0.15, 0.2) is 24.8 Å². The molecule has 0 bridgehead atoms. The zero-order chi connectivity index (χ0) is 16.4. The topological polar surface area (TPSA) is 88.1 Å². The molecule has 3 aromatic rings. The van der Waals surface area contributed by atoms with Crippen LogP contribution < -0.4 is 10.6 Å². The van der Waals surface area contributed by atoms with Crippen LogP contribution in [0.2, 0.25) is 10.0 Å². The molecule has 0 aliphatic rings. The van der Waals surface area contributed by atoms with Gasteiger partial charge in [-0.2, -0.15) is 4.89 Å². The molecule has 0 spiro atoms. The highest BCUT2D eigenvalue weighted by Crippen LogP contribution is 2.34. The van der Waals surface area contributed by atoms with Gasteiger partial charge in [0, 0.05) is 5.56 Å². The third-order valence-electron chi connectivity index (χ3n) is 3.18. The Morgan fingerprint density at radius 2 is 2.04 bits per heavy atom. The normalized spacial score (nSPS) is 11.1. The van der Waals surface area contributed by atoms with Crippen molar-refractivity contribution in [3.8, 4) is 5.75 Å². The fourth-order valence-electron chi connectivity index (χ4n) is 2.11. The lowest BCUT2D eigenvalue weighted by atomic mass is 10.2. The van der Waals surface area contributed by atoms with Crippen molar-refractivity contribution in [2.24, 2.45) is 0 Å². The molecule has 0 unspecified atom stereocenters. The molecule has 3 rings (SSSR count). The van der Waals surface area contributed by atoms with Crippen LogP contribution in [0.25, 0.3) is 11.2 Å². The van der Waals surface area contributed by atoms with E-state index in [2.05, 4.69) is 15.0 Å². The molecule has 0 fully saturated rings. The number of rotatable bonds is 5. The fourth-order valence-corrected chi connectivity index (χ4v) is 2.50. The quantitative estimate of drug-likeness (QED) is 0.560. The summed E-state index contributed by atoms with van der Waals surface area (Å²) in [6.07, 6.45) is 2.99. The highest BCUT2D eigenvalue weighted by Gasteiger charge is 2.16. The highest BCUT2D eigenvalue weighted by molar-refractivity contribution is 6.42. The molecule has 23 heavy (non-hydrogen) atoms. The summed E-state index contributed by atoms with van der Waals surface area (Å²) in [4.78, 5) is 22.6. The summed E-state index contributed by atoms with van der Waals surface area (Å²) in [5.41, 5.74) is 7.57. The Hall–Kier alpha value is -2.09. The average molecular weight is 354 g/mol. The third-order valence-corrected chi connectivity index (χ3v) is 4.02. The number of nitrogens with zero attached hydrogens (tertiary/aromatic N) is 4. The molecule has 2 N–H and O–H groups in total. The number of nitrogen functional groups attached to an aromatic ring is 1. The third kappa shape index (κ3) is 3.03. The minimum Gasteiger partial charge on any atom is -0.382 e. The molecule has 1 aromatic carbocycles. The van der Waals surface area contributed by atoms with Crippen LogP contribution in [0.1, 0.15) is 12.5 Å². The van der Waals surface area contributed by atoms with E-state index < -0.39 is 0 Å². The second-order valence-corrected chi connectivity index (χ2v) is 5.42. The predicted octanol–water partition coefficient (Wildman–Crippen LogP) is 3.09. The van der Waals surface area contributed by atoms with E-state index in [4.69, 9.17) is 38.7 Å². The molecule has 0 saturated heterocycles. The maximum atomic E-state index is 6.32. The maximum Gasteiger partial charge on any atom is 0.171 e. The lowest BCUT2D eigenvalue weighted by Gasteiger charge is -2.13. The number of nitrogens with two attached hydrogens (primary N) is 1. The first-order chi connectivity index (χ1) is 11.1. The molecule has 0 aliphatic heterocycles. The number of aromatic nitrogens is 4. The molecule has 9 heteroatoms. The van der Waals surface area contributed by atoms with Crippen molar-refractivity contribution < 1.29 is 9.78 Å². The molecule has 2 aromatic heterocycles. The van der Waals surface area contributed by atoms with Crippen molar-refractivity contribution in [1.29, 1.82) is 0 Å². The van der Waals surface area contributed by atoms with E-state index in [1.807, 2.05) is 6.92 Å². The second-order valence-electron chi connectivity index (χ2n) is 4.63. The lowest BCUT2D eigenvalue weighted by Crippen LogP contribution is -2.05. The van der Waals surface area contributed by atoms with E-state index in [1.54, 1.807) is 23.0 Å². The van der Waals surface area contributed by atoms with Crippen LogP contribution in [0, 0.1) is 0 Å². The molecule has 2 heterocycles. The minimum absolute atomic E-state index is 0.316. The van der Waals surface area contributed by atoms with E-state index in [0.717, 1.165) is 0 Å². The maximum absolute atomic E-state index is 6.32.